The lowest BCUT2D eigenvalue weighted by Gasteiger charge is -2.22. The lowest BCUT2D eigenvalue weighted by molar-refractivity contribution is 0.417. The van der Waals surface area contributed by atoms with Crippen LogP contribution in [0.3, 0.4) is 0 Å². The summed E-state index contributed by atoms with van der Waals surface area (Å²) in [4.78, 5) is 0. The van der Waals surface area contributed by atoms with Crippen LogP contribution in [-0.2, 0) is 0 Å². The fourth-order valence-corrected chi connectivity index (χ4v) is 3.79. The van der Waals surface area contributed by atoms with Crippen molar-refractivity contribution in [2.75, 3.05) is 0 Å². The van der Waals surface area contributed by atoms with Crippen molar-refractivity contribution in [2.45, 2.75) is 83.5 Å². The van der Waals surface area contributed by atoms with Gasteiger partial charge in [-0.2, -0.15) is 0 Å². The van der Waals surface area contributed by atoms with E-state index in [0.717, 1.165) is 11.8 Å². The van der Waals surface area contributed by atoms with Crippen LogP contribution in [-0.4, -0.2) is 0 Å². The Hall–Kier alpha value is -0.260. The average Bonchev–Trinajstić information content (AvgIpc) is 2.72. The highest BCUT2D eigenvalue weighted by atomic mass is 14.2. The van der Waals surface area contributed by atoms with Crippen molar-refractivity contribution in [1.82, 2.24) is 0 Å². The third-order valence-electron chi connectivity index (χ3n) is 4.96. The van der Waals surface area contributed by atoms with Gasteiger partial charge in [-0.25, -0.2) is 0 Å². The monoisotopic (exact) mass is 234 g/mol. The highest BCUT2D eigenvalue weighted by molar-refractivity contribution is 5.02. The molecule has 0 nitrogen and oxygen atoms in total. The summed E-state index contributed by atoms with van der Waals surface area (Å²) < 4.78 is 0. The predicted octanol–water partition coefficient (Wildman–Crippen LogP) is 5.87. The van der Waals surface area contributed by atoms with Gasteiger partial charge in [0.25, 0.3) is 0 Å². The molecule has 0 aromatic heterocycles. The minimum absolute atomic E-state index is 0.876. The number of hydrogen-bond acceptors (Lipinski definition) is 0. The summed E-state index contributed by atoms with van der Waals surface area (Å²) >= 11 is 0. The summed E-state index contributed by atoms with van der Waals surface area (Å²) in [5, 5.41) is 0. The molecule has 2 fully saturated rings. The van der Waals surface area contributed by atoms with E-state index in [9.17, 15) is 0 Å². The molecule has 0 amide bonds. The molecule has 0 heterocycles. The topological polar surface area (TPSA) is 0 Å². The van der Waals surface area contributed by atoms with Crippen LogP contribution in [0.2, 0.25) is 0 Å². The van der Waals surface area contributed by atoms with Gasteiger partial charge < -0.3 is 0 Å². The first-order valence-corrected chi connectivity index (χ1v) is 8.04. The molecule has 0 bridgehead atoms. The Balaban J connectivity index is 1.77. The number of rotatable bonds is 3. The molecule has 0 atom stereocenters. The van der Waals surface area contributed by atoms with Gasteiger partial charge in [-0.1, -0.05) is 76.4 Å². The van der Waals surface area contributed by atoms with Crippen molar-refractivity contribution < 1.29 is 0 Å². The van der Waals surface area contributed by atoms with Gasteiger partial charge in [0.2, 0.25) is 0 Å². The van der Waals surface area contributed by atoms with Crippen LogP contribution in [0.4, 0.5) is 0 Å². The summed E-state index contributed by atoms with van der Waals surface area (Å²) in [6, 6.07) is 0. The Morgan fingerprint density at radius 2 is 1.18 bits per heavy atom. The van der Waals surface area contributed by atoms with E-state index < -0.39 is 0 Å². The zero-order valence-electron chi connectivity index (χ0n) is 11.6. The average molecular weight is 234 g/mol. The molecule has 2 saturated carbocycles. The predicted molar refractivity (Wildman–Crippen MR) is 76.1 cm³/mol. The Morgan fingerprint density at radius 3 is 1.71 bits per heavy atom. The molecule has 98 valence electrons. The highest BCUT2D eigenvalue weighted by Gasteiger charge is 2.19. The maximum atomic E-state index is 4.44. The molecule has 0 spiro atoms. The van der Waals surface area contributed by atoms with E-state index >= 15 is 0 Å². The summed E-state index contributed by atoms with van der Waals surface area (Å²) in [5.41, 5.74) is 1.61. The van der Waals surface area contributed by atoms with E-state index in [1.165, 1.54) is 83.5 Å². The fourth-order valence-electron chi connectivity index (χ4n) is 3.79. The molecule has 2 aliphatic rings. The Morgan fingerprint density at radius 1 is 0.706 bits per heavy atom. The van der Waals surface area contributed by atoms with Gasteiger partial charge in [0.15, 0.2) is 0 Å². The third kappa shape index (κ3) is 4.48. The Labute approximate surface area is 108 Å². The first-order valence-electron chi connectivity index (χ1n) is 8.04. The van der Waals surface area contributed by atoms with Crippen LogP contribution in [0.1, 0.15) is 83.5 Å². The SMILES string of the molecule is C=C(CC1CCCCCC1)C1CCCCCC1. The van der Waals surface area contributed by atoms with Crippen LogP contribution in [0, 0.1) is 11.8 Å². The second kappa shape index (κ2) is 7.24. The quantitative estimate of drug-likeness (QED) is 0.423. The van der Waals surface area contributed by atoms with E-state index in [-0.39, 0.29) is 0 Å². The lowest BCUT2D eigenvalue weighted by atomic mass is 9.84. The van der Waals surface area contributed by atoms with E-state index in [2.05, 4.69) is 6.58 Å². The second-order valence-corrected chi connectivity index (χ2v) is 6.41. The molecule has 2 rings (SSSR count). The normalized spacial score (nSPS) is 25.2. The van der Waals surface area contributed by atoms with Gasteiger partial charge in [-0.05, 0) is 31.1 Å². The summed E-state index contributed by atoms with van der Waals surface area (Å²) in [6.45, 7) is 4.44. The van der Waals surface area contributed by atoms with Crippen LogP contribution in [0.25, 0.3) is 0 Å². The third-order valence-corrected chi connectivity index (χ3v) is 4.96. The Kier molecular flexibility index (Phi) is 5.61. The lowest BCUT2D eigenvalue weighted by Crippen LogP contribution is -2.08. The van der Waals surface area contributed by atoms with E-state index in [4.69, 9.17) is 0 Å². The summed E-state index contributed by atoms with van der Waals surface area (Å²) in [6.07, 6.45) is 18.9. The van der Waals surface area contributed by atoms with Crippen LogP contribution >= 0.6 is 0 Å². The molecule has 0 saturated heterocycles. The van der Waals surface area contributed by atoms with Gasteiger partial charge in [-0.3, -0.25) is 0 Å². The van der Waals surface area contributed by atoms with Crippen molar-refractivity contribution in [2.24, 2.45) is 11.8 Å². The van der Waals surface area contributed by atoms with E-state index in [0.29, 0.717) is 0 Å². The van der Waals surface area contributed by atoms with E-state index in [1.54, 1.807) is 5.57 Å². The molecule has 0 unspecified atom stereocenters. The zero-order valence-corrected chi connectivity index (χ0v) is 11.6. The van der Waals surface area contributed by atoms with Gasteiger partial charge in [0.1, 0.15) is 0 Å². The zero-order chi connectivity index (χ0) is 11.9. The van der Waals surface area contributed by atoms with Crippen molar-refractivity contribution in [1.29, 1.82) is 0 Å². The molecule has 2 aliphatic carbocycles. The fraction of sp³-hybridized carbons (Fsp3) is 0.882. The van der Waals surface area contributed by atoms with E-state index in [1.807, 2.05) is 0 Å². The van der Waals surface area contributed by atoms with Gasteiger partial charge in [0, 0.05) is 0 Å². The van der Waals surface area contributed by atoms with Crippen LogP contribution < -0.4 is 0 Å². The first-order chi connectivity index (χ1) is 8.36. The maximum absolute atomic E-state index is 4.44. The van der Waals surface area contributed by atoms with Crippen molar-refractivity contribution >= 4 is 0 Å². The minimum Gasteiger partial charge on any atom is -0.0996 e. The molecule has 0 aliphatic heterocycles. The van der Waals surface area contributed by atoms with Crippen molar-refractivity contribution in [3.8, 4) is 0 Å². The van der Waals surface area contributed by atoms with Gasteiger partial charge in [-0.15, -0.1) is 0 Å². The molecule has 0 aromatic rings. The minimum atomic E-state index is 0.876. The van der Waals surface area contributed by atoms with Crippen LogP contribution in [0.15, 0.2) is 12.2 Å². The molecule has 17 heavy (non-hydrogen) atoms. The Bertz CT molecular complexity index is 212. The standard InChI is InChI=1S/C17H30/c1-15(17-12-8-4-5-9-13-17)14-16-10-6-2-3-7-11-16/h16-17H,1-14H2. The molecule has 0 aromatic carbocycles. The molecular weight excluding hydrogens is 204 g/mol. The van der Waals surface area contributed by atoms with Crippen molar-refractivity contribution in [3.63, 3.8) is 0 Å². The van der Waals surface area contributed by atoms with Crippen LogP contribution in [0.5, 0.6) is 0 Å². The molecule has 0 radical (unpaired) electrons. The van der Waals surface area contributed by atoms with Gasteiger partial charge >= 0.3 is 0 Å². The number of allylic oxidation sites excluding steroid dienone is 1. The summed E-state index contributed by atoms with van der Waals surface area (Å²) in [5.74, 6) is 1.86. The molecule has 0 heteroatoms. The van der Waals surface area contributed by atoms with Crippen molar-refractivity contribution in [3.05, 3.63) is 12.2 Å². The largest absolute Gasteiger partial charge is 0.0996 e. The number of hydrogen-bond donors (Lipinski definition) is 0. The van der Waals surface area contributed by atoms with Gasteiger partial charge in [0.05, 0.1) is 0 Å². The second-order valence-electron chi connectivity index (χ2n) is 6.41. The highest BCUT2D eigenvalue weighted by Crippen LogP contribution is 2.34. The maximum Gasteiger partial charge on any atom is -0.0206 e. The summed E-state index contributed by atoms with van der Waals surface area (Å²) in [7, 11) is 0. The smallest absolute Gasteiger partial charge is 0.0206 e. The molecular formula is C17H30. The first kappa shape index (κ1) is 13.2. The molecule has 0 N–H and O–H groups in total.